The van der Waals surface area contributed by atoms with E-state index < -0.39 is 0 Å². The maximum Gasteiger partial charge on any atom is 0.191 e. The lowest BCUT2D eigenvalue weighted by atomic mass is 10.2. The van der Waals surface area contributed by atoms with Crippen molar-refractivity contribution in [3.63, 3.8) is 0 Å². The number of rotatable bonds is 10. The first-order valence-corrected chi connectivity index (χ1v) is 11.6. The van der Waals surface area contributed by atoms with E-state index >= 15 is 0 Å². The molecule has 7 heteroatoms. The van der Waals surface area contributed by atoms with Gasteiger partial charge in [0, 0.05) is 45.5 Å². The zero-order chi connectivity index (χ0) is 19.3. The second-order valence-electron chi connectivity index (χ2n) is 6.77. The van der Waals surface area contributed by atoms with Crippen molar-refractivity contribution in [2.24, 2.45) is 4.99 Å². The molecule has 6 nitrogen and oxygen atoms in total. The van der Waals surface area contributed by atoms with Crippen LogP contribution in [0.3, 0.4) is 0 Å². The molecule has 1 saturated heterocycles. The van der Waals surface area contributed by atoms with E-state index in [2.05, 4.69) is 57.7 Å². The number of aromatic nitrogens is 1. The zero-order valence-corrected chi connectivity index (χ0v) is 18.0. The Bertz CT molecular complexity index is 540. The van der Waals surface area contributed by atoms with Crippen LogP contribution in [0.4, 0.5) is 5.82 Å². The molecule has 0 aromatic carbocycles. The largest absolute Gasteiger partial charge is 0.357 e. The number of unbranched alkanes of at least 4 members (excludes halogenated alkanes) is 1. The Morgan fingerprint density at radius 3 is 2.59 bits per heavy atom. The fraction of sp³-hybridized carbons (Fsp3) is 0.700. The maximum atomic E-state index is 4.69. The van der Waals surface area contributed by atoms with Crippen molar-refractivity contribution < 1.29 is 0 Å². The minimum absolute atomic E-state index is 0.650. The monoisotopic (exact) mass is 392 g/mol. The third kappa shape index (κ3) is 7.97. The second kappa shape index (κ2) is 12.8. The summed E-state index contributed by atoms with van der Waals surface area (Å²) in [7, 11) is 0. The second-order valence-corrected chi connectivity index (χ2v) is 7.75. The number of hydrogen-bond acceptors (Lipinski definition) is 5. The molecule has 1 aromatic heterocycles. The summed E-state index contributed by atoms with van der Waals surface area (Å²) < 4.78 is 0. The van der Waals surface area contributed by atoms with Crippen molar-refractivity contribution in [3.05, 3.63) is 23.9 Å². The van der Waals surface area contributed by atoms with Crippen molar-refractivity contribution >= 4 is 23.5 Å². The maximum absolute atomic E-state index is 4.69. The zero-order valence-electron chi connectivity index (χ0n) is 17.2. The third-order valence-corrected chi connectivity index (χ3v) is 5.48. The first kappa shape index (κ1) is 21.8. The molecule has 152 valence electrons. The lowest BCUT2D eigenvalue weighted by molar-refractivity contribution is 0.270. The number of piperazine rings is 1. The SMILES string of the molecule is CCNC(=NCc1ccc(N2CCN(CC)CC2)nc1)NCCCCSC. The van der Waals surface area contributed by atoms with E-state index in [1.54, 1.807) is 0 Å². The standard InChI is InChI=1S/C20H36N6S/c1-4-21-20(22-10-6-7-15-27-3)24-17-18-8-9-19(23-16-18)26-13-11-25(5-2)12-14-26/h8-9,16H,4-7,10-15,17H2,1-3H3,(H2,21,22,24). The van der Waals surface area contributed by atoms with Gasteiger partial charge in [-0.3, -0.25) is 0 Å². The number of pyridine rings is 1. The first-order valence-electron chi connectivity index (χ1n) is 10.2. The van der Waals surface area contributed by atoms with Gasteiger partial charge in [-0.15, -0.1) is 0 Å². The van der Waals surface area contributed by atoms with Gasteiger partial charge < -0.3 is 20.4 Å². The van der Waals surface area contributed by atoms with E-state index in [0.29, 0.717) is 6.54 Å². The van der Waals surface area contributed by atoms with Gasteiger partial charge in [-0.2, -0.15) is 11.8 Å². The van der Waals surface area contributed by atoms with E-state index in [1.165, 1.54) is 18.6 Å². The molecule has 0 unspecified atom stereocenters. The van der Waals surface area contributed by atoms with Crippen LogP contribution in [0.5, 0.6) is 0 Å². The summed E-state index contributed by atoms with van der Waals surface area (Å²) in [6, 6.07) is 4.29. The Labute approximate surface area is 169 Å². The van der Waals surface area contributed by atoms with Gasteiger partial charge in [-0.25, -0.2) is 9.98 Å². The number of likely N-dealkylation sites (N-methyl/N-ethyl adjacent to an activating group) is 1. The minimum Gasteiger partial charge on any atom is -0.357 e. The highest BCUT2D eigenvalue weighted by molar-refractivity contribution is 7.98. The van der Waals surface area contributed by atoms with Crippen LogP contribution in [0.2, 0.25) is 0 Å². The van der Waals surface area contributed by atoms with Crippen LogP contribution in [-0.2, 0) is 6.54 Å². The Morgan fingerprint density at radius 1 is 1.15 bits per heavy atom. The lowest BCUT2D eigenvalue weighted by Gasteiger charge is -2.34. The summed E-state index contributed by atoms with van der Waals surface area (Å²) >= 11 is 1.90. The average Bonchev–Trinajstić information content (AvgIpc) is 2.72. The van der Waals surface area contributed by atoms with Crippen molar-refractivity contribution in [3.8, 4) is 0 Å². The summed E-state index contributed by atoms with van der Waals surface area (Å²) in [5.41, 5.74) is 1.14. The summed E-state index contributed by atoms with van der Waals surface area (Å²) in [6.07, 6.45) is 6.54. The summed E-state index contributed by atoms with van der Waals surface area (Å²) in [4.78, 5) is 14.2. The average molecular weight is 393 g/mol. The van der Waals surface area contributed by atoms with Gasteiger partial charge >= 0.3 is 0 Å². The number of anilines is 1. The molecule has 1 aromatic rings. The van der Waals surface area contributed by atoms with Gasteiger partial charge in [-0.05, 0) is 49.9 Å². The summed E-state index contributed by atoms with van der Waals surface area (Å²) in [5.74, 6) is 3.19. The molecule has 1 aliphatic rings. The normalized spacial score (nSPS) is 15.8. The van der Waals surface area contributed by atoms with Gasteiger partial charge in [0.15, 0.2) is 5.96 Å². The Kier molecular flexibility index (Phi) is 10.4. The molecule has 0 spiro atoms. The molecule has 0 radical (unpaired) electrons. The molecule has 1 fully saturated rings. The molecule has 0 saturated carbocycles. The van der Waals surface area contributed by atoms with Crippen LogP contribution in [0.1, 0.15) is 32.3 Å². The number of guanidine groups is 1. The molecule has 0 atom stereocenters. The van der Waals surface area contributed by atoms with Crippen molar-refractivity contribution in [1.29, 1.82) is 0 Å². The van der Waals surface area contributed by atoms with Crippen molar-refractivity contribution in [1.82, 2.24) is 20.5 Å². The topological polar surface area (TPSA) is 55.8 Å². The minimum atomic E-state index is 0.650. The Balaban J connectivity index is 1.81. The van der Waals surface area contributed by atoms with E-state index in [1.807, 2.05) is 18.0 Å². The van der Waals surface area contributed by atoms with Crippen molar-refractivity contribution in [2.45, 2.75) is 33.2 Å². The smallest absolute Gasteiger partial charge is 0.191 e. The number of nitrogens with zero attached hydrogens (tertiary/aromatic N) is 4. The van der Waals surface area contributed by atoms with Gasteiger partial charge in [-0.1, -0.05) is 13.0 Å². The van der Waals surface area contributed by atoms with Gasteiger partial charge in [0.1, 0.15) is 5.82 Å². The fourth-order valence-electron chi connectivity index (χ4n) is 3.08. The summed E-state index contributed by atoms with van der Waals surface area (Å²) in [5, 5.41) is 6.74. The molecule has 27 heavy (non-hydrogen) atoms. The van der Waals surface area contributed by atoms with Crippen molar-refractivity contribution in [2.75, 3.05) is 62.7 Å². The number of thioether (sulfide) groups is 1. The van der Waals surface area contributed by atoms with E-state index in [0.717, 1.165) is 63.2 Å². The highest BCUT2D eigenvalue weighted by atomic mass is 32.2. The molecule has 2 N–H and O–H groups in total. The molecule has 2 rings (SSSR count). The highest BCUT2D eigenvalue weighted by Gasteiger charge is 2.16. The van der Waals surface area contributed by atoms with Crippen LogP contribution in [0.25, 0.3) is 0 Å². The first-order chi connectivity index (χ1) is 13.3. The Hall–Kier alpha value is -1.47. The van der Waals surface area contributed by atoms with Crippen LogP contribution >= 0.6 is 11.8 Å². The molecule has 1 aliphatic heterocycles. The number of hydrogen-bond donors (Lipinski definition) is 2. The lowest BCUT2D eigenvalue weighted by Crippen LogP contribution is -2.46. The van der Waals surface area contributed by atoms with Gasteiger partial charge in [0.25, 0.3) is 0 Å². The molecule has 0 aliphatic carbocycles. The molecule has 0 bridgehead atoms. The summed E-state index contributed by atoms with van der Waals surface area (Å²) in [6.45, 7) is 12.3. The number of nitrogens with one attached hydrogen (secondary N) is 2. The molecular formula is C20H36N6S. The van der Waals surface area contributed by atoms with Crippen LogP contribution in [0, 0.1) is 0 Å². The quantitative estimate of drug-likeness (QED) is 0.362. The number of aliphatic imine (C=N–C) groups is 1. The predicted octanol–water partition coefficient (Wildman–Crippen LogP) is 2.42. The molecule has 0 amide bonds. The Morgan fingerprint density at radius 2 is 1.96 bits per heavy atom. The van der Waals surface area contributed by atoms with E-state index in [4.69, 9.17) is 4.99 Å². The fourth-order valence-corrected chi connectivity index (χ4v) is 3.57. The highest BCUT2D eigenvalue weighted by Crippen LogP contribution is 2.14. The predicted molar refractivity (Wildman–Crippen MR) is 119 cm³/mol. The van der Waals surface area contributed by atoms with Crippen LogP contribution in [-0.4, -0.2) is 73.7 Å². The van der Waals surface area contributed by atoms with E-state index in [-0.39, 0.29) is 0 Å². The third-order valence-electron chi connectivity index (χ3n) is 4.78. The van der Waals surface area contributed by atoms with Gasteiger partial charge in [0.05, 0.1) is 6.54 Å². The van der Waals surface area contributed by atoms with Crippen LogP contribution in [0.15, 0.2) is 23.3 Å². The van der Waals surface area contributed by atoms with E-state index in [9.17, 15) is 0 Å². The van der Waals surface area contributed by atoms with Crippen LogP contribution < -0.4 is 15.5 Å². The molecular weight excluding hydrogens is 356 g/mol. The molecule has 2 heterocycles. The van der Waals surface area contributed by atoms with Gasteiger partial charge in [0.2, 0.25) is 0 Å².